The summed E-state index contributed by atoms with van der Waals surface area (Å²) in [5.41, 5.74) is 21.1. The summed E-state index contributed by atoms with van der Waals surface area (Å²) in [6.07, 6.45) is 0. The Morgan fingerprint density at radius 2 is 0.638 bits per heavy atom. The molecular formula is C67H50N2. The standard InChI is InChI=1S/C67H50N2/c1-67(2)63-45-59(68(55-37-33-51(34-38-55)47-19-7-3-8-20-47)57-29-17-27-53(43-57)49-23-11-5-12-24-49)41-42-62(63)66-61-32-16-15-31-60(61)65(46-64(66)67)69(56-39-35-52(36-40-56)48-21-9-4-10-22-48)58-30-18-28-54(44-58)50-25-13-6-14-26-50/h3-46H,1-2H3. The Balaban J connectivity index is 1.01. The number of hydrogen-bond acceptors (Lipinski definition) is 2. The molecule has 328 valence electrons. The van der Waals surface area contributed by atoms with Crippen LogP contribution in [0.2, 0.25) is 0 Å². The zero-order chi connectivity index (χ0) is 46.3. The Labute approximate surface area is 405 Å². The monoisotopic (exact) mass is 882 g/mol. The van der Waals surface area contributed by atoms with Gasteiger partial charge in [-0.25, -0.2) is 0 Å². The van der Waals surface area contributed by atoms with Crippen LogP contribution < -0.4 is 9.80 Å². The van der Waals surface area contributed by atoms with Gasteiger partial charge in [0.2, 0.25) is 0 Å². The van der Waals surface area contributed by atoms with Gasteiger partial charge in [-0.2, -0.15) is 0 Å². The lowest BCUT2D eigenvalue weighted by Gasteiger charge is -2.30. The second kappa shape index (κ2) is 17.5. The van der Waals surface area contributed by atoms with E-state index in [9.17, 15) is 0 Å². The molecule has 0 unspecified atom stereocenters. The van der Waals surface area contributed by atoms with Crippen LogP contribution in [-0.4, -0.2) is 0 Å². The molecule has 0 fully saturated rings. The predicted octanol–water partition coefficient (Wildman–Crippen LogP) is 18.8. The molecule has 0 heterocycles. The van der Waals surface area contributed by atoms with Crippen molar-refractivity contribution in [1.29, 1.82) is 0 Å². The number of benzene rings is 11. The van der Waals surface area contributed by atoms with Crippen molar-refractivity contribution in [3.8, 4) is 55.6 Å². The van der Waals surface area contributed by atoms with Gasteiger partial charge in [0.1, 0.15) is 0 Å². The first-order valence-electron chi connectivity index (χ1n) is 23.9. The van der Waals surface area contributed by atoms with Gasteiger partial charge in [0.05, 0.1) is 5.69 Å². The SMILES string of the molecule is CC1(C)c2cc(N(c3ccc(-c4ccccc4)cc3)c3cccc(-c4ccccc4)c3)ccc2-c2c1cc(N(c1ccc(-c3ccccc3)cc1)c1cccc(-c3ccccc3)c1)c1ccccc21. The van der Waals surface area contributed by atoms with Crippen molar-refractivity contribution in [3.05, 3.63) is 278 Å². The third kappa shape index (κ3) is 7.67. The number of anilines is 6. The van der Waals surface area contributed by atoms with Crippen molar-refractivity contribution in [2.24, 2.45) is 0 Å². The van der Waals surface area contributed by atoms with Crippen LogP contribution in [0.1, 0.15) is 25.0 Å². The number of nitrogens with zero attached hydrogens (tertiary/aromatic N) is 2. The molecule has 11 aromatic rings. The normalized spacial score (nSPS) is 12.3. The van der Waals surface area contributed by atoms with Crippen LogP contribution in [0.5, 0.6) is 0 Å². The molecule has 1 aliphatic carbocycles. The van der Waals surface area contributed by atoms with Crippen LogP contribution in [0.25, 0.3) is 66.4 Å². The molecule has 0 amide bonds. The maximum Gasteiger partial charge on any atom is 0.0543 e. The van der Waals surface area contributed by atoms with Gasteiger partial charge in [0.25, 0.3) is 0 Å². The van der Waals surface area contributed by atoms with Gasteiger partial charge in [-0.3, -0.25) is 0 Å². The molecular weight excluding hydrogens is 833 g/mol. The Morgan fingerprint density at radius 1 is 0.261 bits per heavy atom. The summed E-state index contributed by atoms with van der Waals surface area (Å²) in [5.74, 6) is 0. The average Bonchev–Trinajstić information content (AvgIpc) is 3.65. The highest BCUT2D eigenvalue weighted by Crippen LogP contribution is 2.56. The van der Waals surface area contributed by atoms with E-state index in [2.05, 4.69) is 291 Å². The summed E-state index contributed by atoms with van der Waals surface area (Å²) < 4.78 is 0. The molecule has 1 aliphatic rings. The first-order valence-corrected chi connectivity index (χ1v) is 23.9. The van der Waals surface area contributed by atoms with Gasteiger partial charge in [-0.05, 0) is 139 Å². The lowest BCUT2D eigenvalue weighted by molar-refractivity contribution is 0.661. The summed E-state index contributed by atoms with van der Waals surface area (Å²) >= 11 is 0. The van der Waals surface area contributed by atoms with Crippen molar-refractivity contribution < 1.29 is 0 Å². The third-order valence-corrected chi connectivity index (χ3v) is 14.0. The van der Waals surface area contributed by atoms with E-state index < -0.39 is 0 Å². The minimum Gasteiger partial charge on any atom is -0.310 e. The zero-order valence-corrected chi connectivity index (χ0v) is 38.8. The summed E-state index contributed by atoms with van der Waals surface area (Å²) in [6.45, 7) is 4.81. The van der Waals surface area contributed by atoms with E-state index in [1.54, 1.807) is 0 Å². The fourth-order valence-corrected chi connectivity index (χ4v) is 10.5. The molecule has 0 aliphatic heterocycles. The van der Waals surface area contributed by atoms with E-state index in [0.717, 1.165) is 34.1 Å². The first-order chi connectivity index (χ1) is 34.0. The van der Waals surface area contributed by atoms with Gasteiger partial charge in [0, 0.05) is 39.2 Å². The number of fused-ring (bicyclic) bond motifs is 5. The van der Waals surface area contributed by atoms with Crippen LogP contribution in [0, 0.1) is 0 Å². The average molecular weight is 883 g/mol. The van der Waals surface area contributed by atoms with Crippen LogP contribution in [0.3, 0.4) is 0 Å². The van der Waals surface area contributed by atoms with E-state index in [4.69, 9.17) is 0 Å². The van der Waals surface area contributed by atoms with Gasteiger partial charge in [0.15, 0.2) is 0 Å². The van der Waals surface area contributed by atoms with E-state index in [1.165, 1.54) is 77.5 Å². The molecule has 0 spiro atoms. The largest absolute Gasteiger partial charge is 0.310 e. The number of hydrogen-bond donors (Lipinski definition) is 0. The van der Waals surface area contributed by atoms with Crippen LogP contribution in [0.15, 0.2) is 267 Å². The van der Waals surface area contributed by atoms with Crippen molar-refractivity contribution in [2.45, 2.75) is 19.3 Å². The van der Waals surface area contributed by atoms with E-state index >= 15 is 0 Å². The minimum absolute atomic E-state index is 0.330. The molecule has 2 heteroatoms. The molecule has 0 bridgehead atoms. The summed E-state index contributed by atoms with van der Waals surface area (Å²) in [7, 11) is 0. The van der Waals surface area contributed by atoms with Gasteiger partial charge in [-0.15, -0.1) is 0 Å². The highest BCUT2D eigenvalue weighted by atomic mass is 15.1. The Bertz CT molecular complexity index is 3600. The van der Waals surface area contributed by atoms with Crippen molar-refractivity contribution in [2.75, 3.05) is 9.80 Å². The van der Waals surface area contributed by atoms with Gasteiger partial charge < -0.3 is 9.80 Å². The second-order valence-electron chi connectivity index (χ2n) is 18.5. The molecule has 11 aromatic carbocycles. The molecule has 12 rings (SSSR count). The first kappa shape index (κ1) is 41.7. The Morgan fingerprint density at radius 3 is 1.14 bits per heavy atom. The summed E-state index contributed by atoms with van der Waals surface area (Å²) in [4.78, 5) is 4.89. The highest BCUT2D eigenvalue weighted by Gasteiger charge is 2.38. The summed E-state index contributed by atoms with van der Waals surface area (Å²) in [6, 6.07) is 97.3. The third-order valence-electron chi connectivity index (χ3n) is 14.0. The van der Waals surface area contributed by atoms with E-state index in [1.807, 2.05) is 0 Å². The fourth-order valence-electron chi connectivity index (χ4n) is 10.5. The maximum absolute atomic E-state index is 2.49. The van der Waals surface area contributed by atoms with Crippen LogP contribution >= 0.6 is 0 Å². The molecule has 0 saturated heterocycles. The topological polar surface area (TPSA) is 6.48 Å². The van der Waals surface area contributed by atoms with Gasteiger partial charge in [-0.1, -0.05) is 214 Å². The zero-order valence-electron chi connectivity index (χ0n) is 38.8. The molecule has 0 saturated carbocycles. The highest BCUT2D eigenvalue weighted by molar-refractivity contribution is 6.10. The Hall–Kier alpha value is -8.72. The fraction of sp³-hybridized carbons (Fsp3) is 0.0448. The maximum atomic E-state index is 2.49. The molecule has 2 nitrogen and oxygen atoms in total. The lowest BCUT2D eigenvalue weighted by atomic mass is 9.81. The lowest BCUT2D eigenvalue weighted by Crippen LogP contribution is -2.18. The van der Waals surface area contributed by atoms with E-state index in [-0.39, 0.29) is 5.41 Å². The van der Waals surface area contributed by atoms with Crippen molar-refractivity contribution in [3.63, 3.8) is 0 Å². The molecule has 69 heavy (non-hydrogen) atoms. The van der Waals surface area contributed by atoms with Crippen LogP contribution in [-0.2, 0) is 5.41 Å². The summed E-state index contributed by atoms with van der Waals surface area (Å²) in [5, 5.41) is 2.46. The van der Waals surface area contributed by atoms with Crippen LogP contribution in [0.4, 0.5) is 34.1 Å². The number of rotatable bonds is 10. The van der Waals surface area contributed by atoms with Crippen molar-refractivity contribution in [1.82, 2.24) is 0 Å². The molecule has 0 radical (unpaired) electrons. The quantitative estimate of drug-likeness (QED) is 0.135. The second-order valence-corrected chi connectivity index (χ2v) is 18.5. The van der Waals surface area contributed by atoms with E-state index in [0.29, 0.717) is 0 Å². The molecule has 0 N–H and O–H groups in total. The van der Waals surface area contributed by atoms with Gasteiger partial charge >= 0.3 is 0 Å². The molecule has 0 atom stereocenters. The smallest absolute Gasteiger partial charge is 0.0543 e. The van der Waals surface area contributed by atoms with Crippen molar-refractivity contribution >= 4 is 44.9 Å². The minimum atomic E-state index is -0.330. The predicted molar refractivity (Wildman–Crippen MR) is 293 cm³/mol. The molecule has 0 aromatic heterocycles. The Kier molecular flexibility index (Phi) is 10.6.